The van der Waals surface area contributed by atoms with Gasteiger partial charge in [-0.1, -0.05) is 49.4 Å². The van der Waals surface area contributed by atoms with Crippen LogP contribution in [0.5, 0.6) is 0 Å². The van der Waals surface area contributed by atoms with Crippen LogP contribution in [-0.2, 0) is 19.7 Å². The number of amides is 1. The van der Waals surface area contributed by atoms with E-state index >= 15 is 0 Å². The molecule has 226 valence electrons. The van der Waals surface area contributed by atoms with Crippen LogP contribution < -0.4 is 5.32 Å². The molecule has 11 nitrogen and oxygen atoms in total. The molecule has 2 aliphatic heterocycles. The number of nitro groups is 1. The maximum Gasteiger partial charge on any atom is 0.334 e. The van der Waals surface area contributed by atoms with Crippen LogP contribution in [0, 0.1) is 21.4 Å². The van der Waals surface area contributed by atoms with Gasteiger partial charge in [0, 0.05) is 31.5 Å². The number of carbonyl (C=O) groups excluding carboxylic acids is 1. The van der Waals surface area contributed by atoms with Crippen molar-refractivity contribution in [3.63, 3.8) is 0 Å². The molecule has 0 saturated carbocycles. The largest absolute Gasteiger partial charge is 0.478 e. The molecular weight excluding hydrogens is 550 g/mol. The van der Waals surface area contributed by atoms with E-state index in [9.17, 15) is 30.1 Å². The van der Waals surface area contributed by atoms with Crippen LogP contribution in [0.1, 0.15) is 49.7 Å². The first-order valence-electron chi connectivity index (χ1n) is 14.4. The van der Waals surface area contributed by atoms with Crippen molar-refractivity contribution in [2.75, 3.05) is 39.9 Å². The van der Waals surface area contributed by atoms with E-state index in [-0.39, 0.29) is 17.9 Å². The van der Waals surface area contributed by atoms with Gasteiger partial charge in [-0.15, -0.1) is 0 Å². The molecule has 1 saturated heterocycles. The minimum Gasteiger partial charge on any atom is -0.478 e. The van der Waals surface area contributed by atoms with Crippen molar-refractivity contribution in [2.45, 2.75) is 43.9 Å². The second-order valence-electron chi connectivity index (χ2n) is 10.8. The number of methoxy groups -OCH3 is 1. The third-order valence-electron chi connectivity index (χ3n) is 8.37. The predicted octanol–water partition coefficient (Wildman–Crippen LogP) is 4.29. The molecule has 2 heterocycles. The third-order valence-corrected chi connectivity index (χ3v) is 8.37. The average Bonchev–Trinajstić information content (AvgIpc) is 3.03. The first-order chi connectivity index (χ1) is 20.8. The van der Waals surface area contributed by atoms with E-state index in [4.69, 9.17) is 4.74 Å². The second-order valence-corrected chi connectivity index (χ2v) is 10.8. The van der Waals surface area contributed by atoms with Gasteiger partial charge in [0.05, 0.1) is 45.9 Å². The number of carboxylic acids is 1. The number of dihydropyridines is 1. The number of allylic oxidation sites excluding steroid dienone is 2. The molecule has 0 aliphatic carbocycles. The van der Waals surface area contributed by atoms with Crippen molar-refractivity contribution in [1.29, 1.82) is 5.26 Å². The Bertz CT molecular complexity index is 1420. The minimum atomic E-state index is -1.14. The number of nitro benzene ring substituents is 1. The first kappa shape index (κ1) is 31.4. The van der Waals surface area contributed by atoms with Crippen LogP contribution >= 0.6 is 0 Å². The van der Waals surface area contributed by atoms with E-state index in [0.29, 0.717) is 67.8 Å². The summed E-state index contributed by atoms with van der Waals surface area (Å²) in [6, 6.07) is 18.2. The maximum atomic E-state index is 12.6. The minimum absolute atomic E-state index is 0.0860. The number of ether oxygens (including phenoxy) is 1. The lowest BCUT2D eigenvalue weighted by atomic mass is 9.74. The number of aliphatic carboxylic acids is 1. The van der Waals surface area contributed by atoms with Crippen LogP contribution in [0.15, 0.2) is 77.3 Å². The van der Waals surface area contributed by atoms with Gasteiger partial charge < -0.3 is 25.0 Å². The molecule has 43 heavy (non-hydrogen) atoms. The van der Waals surface area contributed by atoms with E-state index in [1.807, 2.05) is 37.3 Å². The van der Waals surface area contributed by atoms with E-state index < -0.39 is 22.2 Å². The molecule has 0 bridgehead atoms. The molecule has 0 spiro atoms. The highest BCUT2D eigenvalue weighted by atomic mass is 16.6. The number of benzene rings is 2. The summed E-state index contributed by atoms with van der Waals surface area (Å²) in [4.78, 5) is 39.8. The molecule has 4 rings (SSSR count). The van der Waals surface area contributed by atoms with E-state index in [1.165, 1.54) is 24.1 Å². The summed E-state index contributed by atoms with van der Waals surface area (Å²) >= 11 is 0. The molecule has 2 aliphatic rings. The molecular formula is C32H37N5O6. The number of nitrogens with one attached hydrogen (secondary N) is 1. The molecule has 2 aromatic carbocycles. The Hall–Kier alpha value is -4.53. The summed E-state index contributed by atoms with van der Waals surface area (Å²) in [7, 11) is 1.52. The summed E-state index contributed by atoms with van der Waals surface area (Å²) in [6.45, 7) is 4.47. The van der Waals surface area contributed by atoms with Crippen LogP contribution in [0.25, 0.3) is 0 Å². The fourth-order valence-corrected chi connectivity index (χ4v) is 6.11. The van der Waals surface area contributed by atoms with E-state index in [1.54, 1.807) is 12.1 Å². The van der Waals surface area contributed by atoms with Crippen LogP contribution in [0.3, 0.4) is 0 Å². The van der Waals surface area contributed by atoms with Gasteiger partial charge >= 0.3 is 5.97 Å². The van der Waals surface area contributed by atoms with Crippen LogP contribution in [-0.4, -0.2) is 72.1 Å². The van der Waals surface area contributed by atoms with Crippen molar-refractivity contribution in [2.24, 2.45) is 0 Å². The number of hydrogen-bond donors (Lipinski definition) is 2. The number of hydrogen-bond acceptors (Lipinski definition) is 8. The molecule has 1 atom stereocenters. The highest BCUT2D eigenvalue weighted by Gasteiger charge is 2.38. The van der Waals surface area contributed by atoms with Gasteiger partial charge in [0.2, 0.25) is 6.41 Å². The quantitative estimate of drug-likeness (QED) is 0.199. The number of carboxylic acid groups (broad SMARTS) is 1. The smallest absolute Gasteiger partial charge is 0.334 e. The number of piperidine rings is 1. The highest BCUT2D eigenvalue weighted by molar-refractivity contribution is 5.91. The predicted molar refractivity (Wildman–Crippen MR) is 160 cm³/mol. The maximum absolute atomic E-state index is 12.6. The zero-order valence-corrected chi connectivity index (χ0v) is 24.5. The molecule has 0 radical (unpaired) electrons. The van der Waals surface area contributed by atoms with E-state index in [0.717, 1.165) is 18.7 Å². The van der Waals surface area contributed by atoms with Gasteiger partial charge in [-0.25, -0.2) is 4.79 Å². The Kier molecular flexibility index (Phi) is 10.3. The zero-order valence-electron chi connectivity index (χ0n) is 24.5. The van der Waals surface area contributed by atoms with Gasteiger partial charge in [-0.2, -0.15) is 5.26 Å². The lowest BCUT2D eigenvalue weighted by Crippen LogP contribution is -2.43. The van der Waals surface area contributed by atoms with Gasteiger partial charge in [0.25, 0.3) is 5.69 Å². The topological polar surface area (TPSA) is 149 Å². The zero-order chi connectivity index (χ0) is 31.0. The molecule has 1 unspecified atom stereocenters. The number of non-ortho nitro benzene ring substituents is 1. The fourth-order valence-electron chi connectivity index (χ4n) is 6.11. The number of nitriles is 1. The molecule has 2 N–H and O–H groups in total. The second kappa shape index (κ2) is 14.1. The van der Waals surface area contributed by atoms with Crippen molar-refractivity contribution >= 4 is 18.1 Å². The lowest BCUT2D eigenvalue weighted by molar-refractivity contribution is -0.384. The normalized spacial score (nSPS) is 18.5. The highest BCUT2D eigenvalue weighted by Crippen LogP contribution is 2.41. The van der Waals surface area contributed by atoms with Crippen LogP contribution in [0.2, 0.25) is 0 Å². The Morgan fingerprint density at radius 3 is 2.42 bits per heavy atom. The molecule has 0 aromatic heterocycles. The molecule has 11 heteroatoms. The Balaban J connectivity index is 1.56. The monoisotopic (exact) mass is 587 g/mol. The van der Waals surface area contributed by atoms with Crippen molar-refractivity contribution in [1.82, 2.24) is 15.1 Å². The number of likely N-dealkylation sites (tertiary alicyclic amines) is 1. The Morgan fingerprint density at radius 1 is 1.21 bits per heavy atom. The summed E-state index contributed by atoms with van der Waals surface area (Å²) in [5, 5.41) is 34.8. The van der Waals surface area contributed by atoms with E-state index in [2.05, 4.69) is 16.3 Å². The SMILES string of the molecule is CCC1=C(C(=O)O)C(c2ccc([N+](=O)[O-])cc2)C(N(C=O)CCCN2CCC(C#N)(c3ccccc3)CC2)=C(COC)N1. The van der Waals surface area contributed by atoms with Gasteiger partial charge in [0.1, 0.15) is 0 Å². The van der Waals surface area contributed by atoms with Crippen LogP contribution in [0.4, 0.5) is 5.69 Å². The molecule has 1 amide bonds. The van der Waals surface area contributed by atoms with Crippen molar-refractivity contribution in [3.05, 3.63) is 98.5 Å². The lowest BCUT2D eigenvalue weighted by Gasteiger charge is -2.38. The van der Waals surface area contributed by atoms with Gasteiger partial charge in [0.15, 0.2) is 0 Å². The number of rotatable bonds is 13. The van der Waals surface area contributed by atoms with Gasteiger partial charge in [-0.3, -0.25) is 14.9 Å². The Labute approximate surface area is 251 Å². The summed E-state index contributed by atoms with van der Waals surface area (Å²) < 4.78 is 5.44. The Morgan fingerprint density at radius 2 is 1.88 bits per heavy atom. The van der Waals surface area contributed by atoms with Gasteiger partial charge in [-0.05, 0) is 56.4 Å². The van der Waals surface area contributed by atoms with Crippen molar-refractivity contribution in [3.8, 4) is 6.07 Å². The first-order valence-corrected chi connectivity index (χ1v) is 14.4. The average molecular weight is 588 g/mol. The fraction of sp³-hybridized carbons (Fsp3) is 0.406. The number of carbonyl (C=O) groups is 2. The number of nitrogens with zero attached hydrogens (tertiary/aromatic N) is 4. The molecule has 2 aromatic rings. The summed E-state index contributed by atoms with van der Waals surface area (Å²) in [6.07, 6.45) is 3.15. The molecule has 1 fully saturated rings. The third kappa shape index (κ3) is 6.77. The summed E-state index contributed by atoms with van der Waals surface area (Å²) in [5.74, 6) is -1.98. The summed E-state index contributed by atoms with van der Waals surface area (Å²) in [5.41, 5.74) is 2.54. The van der Waals surface area contributed by atoms with Crippen molar-refractivity contribution < 1.29 is 24.4 Å². The standard InChI is InChI=1S/C32H37N5O6/c1-3-26-29(31(39)40)28(23-10-12-25(13-11-23)37(41)42)30(27(34-26)20-43-2)36(22-38)17-7-16-35-18-14-32(21-33,15-19-35)24-8-5-4-6-9-24/h4-6,8-13,22,28,34H,3,7,14-20H2,1-2H3,(H,39,40).